The third-order valence-corrected chi connectivity index (χ3v) is 2.82. The van der Waals surface area contributed by atoms with E-state index in [-0.39, 0.29) is 18.4 Å². The number of hydrogen-bond donors (Lipinski definition) is 1. The van der Waals surface area contributed by atoms with E-state index in [1.54, 1.807) is 0 Å². The quantitative estimate of drug-likeness (QED) is 0.801. The lowest BCUT2D eigenvalue weighted by Gasteiger charge is -2.24. The van der Waals surface area contributed by atoms with Crippen LogP contribution in [0, 0.1) is 0 Å². The minimum atomic E-state index is -0.795. The molecule has 0 saturated heterocycles. The van der Waals surface area contributed by atoms with Crippen LogP contribution in [0.15, 0.2) is 4.52 Å². The highest BCUT2D eigenvalue weighted by Gasteiger charge is 2.18. The van der Waals surface area contributed by atoms with Crippen molar-refractivity contribution >= 4 is 5.97 Å². The van der Waals surface area contributed by atoms with Crippen molar-refractivity contribution in [1.29, 1.82) is 0 Å². The average Bonchev–Trinajstić information content (AvgIpc) is 2.73. The fourth-order valence-corrected chi connectivity index (χ4v) is 1.71. The molecule has 0 bridgehead atoms. The van der Waals surface area contributed by atoms with Crippen LogP contribution in [0.2, 0.25) is 0 Å². The minimum absolute atomic E-state index is 0.0477. The number of carboxylic acid groups (broad SMARTS) is 1. The average molecular weight is 255 g/mol. The second-order valence-electron chi connectivity index (χ2n) is 4.71. The summed E-state index contributed by atoms with van der Waals surface area (Å²) in [5, 5.41) is 12.7. The van der Waals surface area contributed by atoms with Crippen molar-refractivity contribution in [1.82, 2.24) is 15.0 Å². The zero-order valence-corrected chi connectivity index (χ0v) is 11.4. The maximum absolute atomic E-state index is 10.7. The summed E-state index contributed by atoms with van der Waals surface area (Å²) in [5.41, 5.74) is 0. The van der Waals surface area contributed by atoms with E-state index in [0.717, 1.165) is 6.54 Å². The van der Waals surface area contributed by atoms with Crippen LogP contribution in [0.1, 0.15) is 51.7 Å². The normalized spacial score (nSPS) is 13.2. The molecule has 0 saturated carbocycles. The predicted octanol–water partition coefficient (Wildman–Crippen LogP) is 1.88. The molecule has 6 nitrogen and oxygen atoms in total. The molecule has 1 atom stereocenters. The Morgan fingerprint density at radius 3 is 2.56 bits per heavy atom. The smallest absolute Gasteiger partial charge is 0.304 e. The van der Waals surface area contributed by atoms with E-state index in [0.29, 0.717) is 18.3 Å². The molecule has 0 aromatic carbocycles. The number of rotatable bonds is 7. The van der Waals surface area contributed by atoms with Gasteiger partial charge in [-0.1, -0.05) is 25.9 Å². The van der Waals surface area contributed by atoms with Crippen molar-refractivity contribution in [3.63, 3.8) is 0 Å². The second-order valence-corrected chi connectivity index (χ2v) is 4.71. The molecule has 1 rings (SSSR count). The van der Waals surface area contributed by atoms with Gasteiger partial charge in [-0.15, -0.1) is 0 Å². The molecule has 0 aliphatic carbocycles. The largest absolute Gasteiger partial charge is 0.481 e. The van der Waals surface area contributed by atoms with Crippen LogP contribution in [0.25, 0.3) is 0 Å². The molecule has 102 valence electrons. The Hall–Kier alpha value is -1.43. The number of hydrogen-bond acceptors (Lipinski definition) is 5. The molecule has 0 radical (unpaired) electrons. The number of carbonyl (C=O) groups is 1. The van der Waals surface area contributed by atoms with Crippen molar-refractivity contribution in [2.75, 3.05) is 6.54 Å². The minimum Gasteiger partial charge on any atom is -0.481 e. The van der Waals surface area contributed by atoms with Crippen LogP contribution < -0.4 is 0 Å². The van der Waals surface area contributed by atoms with Gasteiger partial charge < -0.3 is 9.63 Å². The maximum atomic E-state index is 10.7. The van der Waals surface area contributed by atoms with E-state index < -0.39 is 5.97 Å². The molecule has 0 spiro atoms. The lowest BCUT2D eigenvalue weighted by atomic mass is 10.2. The van der Waals surface area contributed by atoms with Gasteiger partial charge in [0, 0.05) is 12.0 Å². The Morgan fingerprint density at radius 1 is 1.44 bits per heavy atom. The van der Waals surface area contributed by atoms with Crippen molar-refractivity contribution in [3.8, 4) is 0 Å². The van der Waals surface area contributed by atoms with E-state index in [2.05, 4.69) is 10.1 Å². The van der Waals surface area contributed by atoms with Gasteiger partial charge in [-0.25, -0.2) is 0 Å². The second kappa shape index (κ2) is 6.49. The maximum Gasteiger partial charge on any atom is 0.304 e. The highest BCUT2D eigenvalue weighted by Crippen LogP contribution is 2.13. The van der Waals surface area contributed by atoms with Crippen molar-refractivity contribution < 1.29 is 14.4 Å². The molecular weight excluding hydrogens is 234 g/mol. The lowest BCUT2D eigenvalue weighted by molar-refractivity contribution is -0.138. The molecule has 1 unspecified atom stereocenters. The standard InChI is InChI=1S/C12H21N3O3/c1-5-15(9(4)6-11(16)17)7-10-13-12(8(2)3)18-14-10/h8-9H,5-7H2,1-4H3,(H,16,17). The summed E-state index contributed by atoms with van der Waals surface area (Å²) >= 11 is 0. The van der Waals surface area contributed by atoms with Gasteiger partial charge in [0.1, 0.15) is 0 Å². The molecule has 1 heterocycles. The molecule has 6 heteroatoms. The molecular formula is C12H21N3O3. The topological polar surface area (TPSA) is 79.5 Å². The Bertz CT molecular complexity index is 390. The summed E-state index contributed by atoms with van der Waals surface area (Å²) < 4.78 is 5.13. The monoisotopic (exact) mass is 255 g/mol. The van der Waals surface area contributed by atoms with Crippen molar-refractivity contribution in [2.24, 2.45) is 0 Å². The summed E-state index contributed by atoms with van der Waals surface area (Å²) in [4.78, 5) is 17.0. The summed E-state index contributed by atoms with van der Waals surface area (Å²) in [7, 11) is 0. The van der Waals surface area contributed by atoms with E-state index in [1.165, 1.54) is 0 Å². The third-order valence-electron chi connectivity index (χ3n) is 2.82. The summed E-state index contributed by atoms with van der Waals surface area (Å²) in [6.07, 6.45) is 0.114. The van der Waals surface area contributed by atoms with Gasteiger partial charge in [-0.2, -0.15) is 4.98 Å². The van der Waals surface area contributed by atoms with Gasteiger partial charge >= 0.3 is 5.97 Å². The molecule has 0 amide bonds. The van der Waals surface area contributed by atoms with E-state index in [9.17, 15) is 4.79 Å². The van der Waals surface area contributed by atoms with Gasteiger partial charge in [0.2, 0.25) is 5.89 Å². The van der Waals surface area contributed by atoms with Gasteiger partial charge in [0.25, 0.3) is 0 Å². The molecule has 0 aliphatic heterocycles. The summed E-state index contributed by atoms with van der Waals surface area (Å²) in [5.74, 6) is 0.638. The first-order valence-electron chi connectivity index (χ1n) is 6.22. The van der Waals surface area contributed by atoms with Crippen LogP contribution in [-0.4, -0.2) is 38.7 Å². The Balaban J connectivity index is 2.64. The zero-order valence-electron chi connectivity index (χ0n) is 11.4. The number of aliphatic carboxylic acids is 1. The fourth-order valence-electron chi connectivity index (χ4n) is 1.71. The Morgan fingerprint density at radius 2 is 2.11 bits per heavy atom. The van der Waals surface area contributed by atoms with Crippen LogP contribution in [0.3, 0.4) is 0 Å². The Labute approximate surface area is 107 Å². The predicted molar refractivity (Wildman–Crippen MR) is 66.2 cm³/mol. The van der Waals surface area contributed by atoms with Crippen LogP contribution in [-0.2, 0) is 11.3 Å². The van der Waals surface area contributed by atoms with Gasteiger partial charge in [-0.3, -0.25) is 9.69 Å². The van der Waals surface area contributed by atoms with E-state index in [4.69, 9.17) is 9.63 Å². The summed E-state index contributed by atoms with van der Waals surface area (Å²) in [6, 6.07) is -0.0477. The zero-order chi connectivity index (χ0) is 13.7. The highest BCUT2D eigenvalue weighted by atomic mass is 16.5. The van der Waals surface area contributed by atoms with Crippen LogP contribution in [0.4, 0.5) is 0 Å². The first kappa shape index (κ1) is 14.6. The molecule has 1 aromatic heterocycles. The molecule has 1 N–H and O–H groups in total. The molecule has 18 heavy (non-hydrogen) atoms. The number of carboxylic acids is 1. The molecule has 1 aromatic rings. The molecule has 0 aliphatic rings. The first-order valence-corrected chi connectivity index (χ1v) is 6.22. The van der Waals surface area contributed by atoms with Crippen molar-refractivity contribution in [2.45, 2.75) is 52.6 Å². The SMILES string of the molecule is CCN(Cc1noc(C(C)C)n1)C(C)CC(=O)O. The van der Waals surface area contributed by atoms with E-state index >= 15 is 0 Å². The number of aromatic nitrogens is 2. The fraction of sp³-hybridized carbons (Fsp3) is 0.750. The van der Waals surface area contributed by atoms with Crippen LogP contribution in [0.5, 0.6) is 0 Å². The lowest BCUT2D eigenvalue weighted by Crippen LogP contribution is -2.34. The highest BCUT2D eigenvalue weighted by molar-refractivity contribution is 5.67. The Kier molecular flexibility index (Phi) is 5.27. The van der Waals surface area contributed by atoms with E-state index in [1.807, 2.05) is 32.6 Å². The van der Waals surface area contributed by atoms with Gasteiger partial charge in [0.05, 0.1) is 13.0 Å². The van der Waals surface area contributed by atoms with Crippen LogP contribution >= 0.6 is 0 Å². The molecule has 0 fully saturated rings. The third kappa shape index (κ3) is 4.10. The van der Waals surface area contributed by atoms with Crippen molar-refractivity contribution in [3.05, 3.63) is 11.7 Å². The summed E-state index contributed by atoms with van der Waals surface area (Å²) in [6.45, 7) is 9.12. The van der Waals surface area contributed by atoms with Gasteiger partial charge in [0.15, 0.2) is 5.82 Å². The van der Waals surface area contributed by atoms with Gasteiger partial charge in [-0.05, 0) is 13.5 Å². The first-order chi connectivity index (χ1) is 8.43. The number of nitrogens with zero attached hydrogens (tertiary/aromatic N) is 3.